The predicted molar refractivity (Wildman–Crippen MR) is 106 cm³/mol. The highest BCUT2D eigenvalue weighted by Gasteiger charge is 2.23. The molecular weight excluding hydrogens is 342 g/mol. The van der Waals surface area contributed by atoms with Gasteiger partial charge in [-0.1, -0.05) is 24.8 Å². The van der Waals surface area contributed by atoms with Crippen LogP contribution in [0.2, 0.25) is 0 Å². The SMILES string of the molecule is C=C(C)N(C)c1cnn(C(=O)N2CCN(Cc3ccccc3OC)CC2)c1. The second-order valence-corrected chi connectivity index (χ2v) is 6.80. The molecule has 0 unspecified atom stereocenters. The van der Waals surface area contributed by atoms with Crippen molar-refractivity contribution >= 4 is 11.7 Å². The van der Waals surface area contributed by atoms with Crippen molar-refractivity contribution in [2.24, 2.45) is 0 Å². The summed E-state index contributed by atoms with van der Waals surface area (Å²) in [4.78, 5) is 18.8. The minimum Gasteiger partial charge on any atom is -0.496 e. The summed E-state index contributed by atoms with van der Waals surface area (Å²) in [6.07, 6.45) is 3.43. The molecule has 7 nitrogen and oxygen atoms in total. The Morgan fingerprint density at radius 2 is 1.96 bits per heavy atom. The number of nitrogens with zero attached hydrogens (tertiary/aromatic N) is 5. The van der Waals surface area contributed by atoms with E-state index in [4.69, 9.17) is 4.74 Å². The number of piperazine rings is 1. The van der Waals surface area contributed by atoms with Gasteiger partial charge in [0.25, 0.3) is 0 Å². The first-order chi connectivity index (χ1) is 13.0. The first kappa shape index (κ1) is 19.0. The largest absolute Gasteiger partial charge is 0.496 e. The topological polar surface area (TPSA) is 53.8 Å². The van der Waals surface area contributed by atoms with Crippen LogP contribution < -0.4 is 9.64 Å². The Hall–Kier alpha value is -2.80. The Kier molecular flexibility index (Phi) is 5.81. The van der Waals surface area contributed by atoms with E-state index in [0.29, 0.717) is 13.1 Å². The molecule has 0 radical (unpaired) electrons. The lowest BCUT2D eigenvalue weighted by Crippen LogP contribution is -2.49. The van der Waals surface area contributed by atoms with Gasteiger partial charge in [-0.25, -0.2) is 4.79 Å². The van der Waals surface area contributed by atoms with Gasteiger partial charge in [0.2, 0.25) is 0 Å². The zero-order valence-corrected chi connectivity index (χ0v) is 16.3. The Morgan fingerprint density at radius 1 is 1.26 bits per heavy atom. The molecule has 7 heteroatoms. The fourth-order valence-electron chi connectivity index (χ4n) is 3.13. The molecule has 1 aromatic carbocycles. The smallest absolute Gasteiger partial charge is 0.344 e. The summed E-state index contributed by atoms with van der Waals surface area (Å²) in [5.74, 6) is 0.904. The minimum absolute atomic E-state index is 0.0895. The standard InChI is InChI=1S/C20H27N5O2/c1-16(2)22(3)18-13-21-25(15-18)20(26)24-11-9-23(10-12-24)14-17-7-5-6-8-19(17)27-4/h5-8,13,15H,1,9-12,14H2,2-4H3. The van der Waals surface area contributed by atoms with Crippen LogP contribution in [0.3, 0.4) is 0 Å². The van der Waals surface area contributed by atoms with Crippen LogP contribution in [-0.4, -0.2) is 65.9 Å². The van der Waals surface area contributed by atoms with E-state index < -0.39 is 0 Å². The van der Waals surface area contributed by atoms with E-state index in [1.165, 1.54) is 10.2 Å². The van der Waals surface area contributed by atoms with Gasteiger partial charge in [-0.2, -0.15) is 9.78 Å². The Balaban J connectivity index is 1.57. The zero-order valence-electron chi connectivity index (χ0n) is 16.3. The summed E-state index contributed by atoms with van der Waals surface area (Å²) >= 11 is 0. The van der Waals surface area contributed by atoms with Crippen LogP contribution in [0.5, 0.6) is 5.75 Å². The molecule has 144 valence electrons. The average molecular weight is 369 g/mol. The number of hydrogen-bond acceptors (Lipinski definition) is 5. The minimum atomic E-state index is -0.0895. The fourth-order valence-corrected chi connectivity index (χ4v) is 3.13. The van der Waals surface area contributed by atoms with Gasteiger partial charge in [-0.15, -0.1) is 0 Å². The third-order valence-electron chi connectivity index (χ3n) is 4.95. The molecule has 3 rings (SSSR count). The molecule has 0 spiro atoms. The van der Waals surface area contributed by atoms with Gasteiger partial charge in [0.05, 0.1) is 25.2 Å². The highest BCUT2D eigenvalue weighted by molar-refractivity contribution is 5.77. The molecule has 1 fully saturated rings. The average Bonchev–Trinajstić information content (AvgIpc) is 3.18. The van der Waals surface area contributed by atoms with Gasteiger partial charge in [0.1, 0.15) is 5.75 Å². The van der Waals surface area contributed by atoms with Crippen LogP contribution in [0, 0.1) is 0 Å². The van der Waals surface area contributed by atoms with Gasteiger partial charge in [-0.05, 0) is 13.0 Å². The van der Waals surface area contributed by atoms with Crippen molar-refractivity contribution in [2.45, 2.75) is 13.5 Å². The number of carbonyl (C=O) groups excluding carboxylic acids is 1. The normalized spacial score (nSPS) is 14.9. The molecule has 1 amide bonds. The van der Waals surface area contributed by atoms with Crippen LogP contribution >= 0.6 is 0 Å². The van der Waals surface area contributed by atoms with Crippen LogP contribution in [0.25, 0.3) is 0 Å². The maximum Gasteiger partial charge on any atom is 0.344 e. The van der Waals surface area contributed by atoms with E-state index in [9.17, 15) is 4.79 Å². The van der Waals surface area contributed by atoms with Crippen molar-refractivity contribution in [1.82, 2.24) is 19.6 Å². The zero-order chi connectivity index (χ0) is 19.4. The fraction of sp³-hybridized carbons (Fsp3) is 0.400. The lowest BCUT2D eigenvalue weighted by atomic mass is 10.1. The Labute approximate surface area is 160 Å². The summed E-state index contributed by atoms with van der Waals surface area (Å²) < 4.78 is 6.84. The quantitative estimate of drug-likeness (QED) is 0.811. The molecule has 1 aromatic heterocycles. The van der Waals surface area contributed by atoms with Crippen molar-refractivity contribution < 1.29 is 9.53 Å². The number of carbonyl (C=O) groups is 1. The second-order valence-electron chi connectivity index (χ2n) is 6.80. The maximum atomic E-state index is 12.7. The summed E-state index contributed by atoms with van der Waals surface area (Å²) in [5.41, 5.74) is 2.91. The molecular formula is C20H27N5O2. The third-order valence-corrected chi connectivity index (χ3v) is 4.95. The molecule has 0 saturated carbocycles. The molecule has 2 aromatic rings. The number of para-hydroxylation sites is 1. The van der Waals surface area contributed by atoms with Gasteiger partial charge in [-0.3, -0.25) is 4.90 Å². The third kappa shape index (κ3) is 4.31. The van der Waals surface area contributed by atoms with E-state index in [2.05, 4.69) is 22.6 Å². The van der Waals surface area contributed by atoms with E-state index >= 15 is 0 Å². The van der Waals surface area contributed by atoms with Crippen LogP contribution in [0.15, 0.2) is 48.9 Å². The van der Waals surface area contributed by atoms with E-state index in [0.717, 1.165) is 36.8 Å². The number of anilines is 1. The number of hydrogen-bond donors (Lipinski definition) is 0. The van der Waals surface area contributed by atoms with Crippen molar-refractivity contribution in [1.29, 1.82) is 0 Å². The van der Waals surface area contributed by atoms with Crippen molar-refractivity contribution in [3.63, 3.8) is 0 Å². The molecule has 27 heavy (non-hydrogen) atoms. The summed E-state index contributed by atoms with van der Waals surface area (Å²) in [6.45, 7) is 9.65. The molecule has 1 aliphatic rings. The Morgan fingerprint density at radius 3 is 2.63 bits per heavy atom. The van der Waals surface area contributed by atoms with E-state index in [1.54, 1.807) is 19.5 Å². The van der Waals surface area contributed by atoms with Gasteiger partial charge < -0.3 is 14.5 Å². The highest BCUT2D eigenvalue weighted by atomic mass is 16.5. The van der Waals surface area contributed by atoms with Crippen LogP contribution in [0.1, 0.15) is 12.5 Å². The lowest BCUT2D eigenvalue weighted by Gasteiger charge is -2.34. The lowest BCUT2D eigenvalue weighted by molar-refractivity contribution is 0.133. The molecule has 1 saturated heterocycles. The summed E-state index contributed by atoms with van der Waals surface area (Å²) in [7, 11) is 3.60. The second kappa shape index (κ2) is 8.26. The highest BCUT2D eigenvalue weighted by Crippen LogP contribution is 2.20. The van der Waals surface area contributed by atoms with Gasteiger partial charge >= 0.3 is 6.03 Å². The van der Waals surface area contributed by atoms with Crippen LogP contribution in [0.4, 0.5) is 10.5 Å². The first-order valence-electron chi connectivity index (χ1n) is 9.07. The number of rotatable bonds is 5. The first-order valence-corrected chi connectivity index (χ1v) is 9.07. The number of benzene rings is 1. The van der Waals surface area contributed by atoms with E-state index in [-0.39, 0.29) is 6.03 Å². The molecule has 1 aliphatic heterocycles. The molecule has 0 bridgehead atoms. The van der Waals surface area contributed by atoms with Gasteiger partial charge in [0, 0.05) is 51.0 Å². The summed E-state index contributed by atoms with van der Waals surface area (Å²) in [6, 6.07) is 7.97. The summed E-state index contributed by atoms with van der Waals surface area (Å²) in [5, 5.41) is 4.22. The monoisotopic (exact) mass is 369 g/mol. The number of allylic oxidation sites excluding steroid dienone is 1. The number of amides is 1. The maximum absolute atomic E-state index is 12.7. The van der Waals surface area contributed by atoms with Crippen LogP contribution in [-0.2, 0) is 6.54 Å². The van der Waals surface area contributed by atoms with Gasteiger partial charge in [0.15, 0.2) is 0 Å². The molecule has 0 aliphatic carbocycles. The van der Waals surface area contributed by atoms with Crippen molar-refractivity contribution in [3.05, 3.63) is 54.5 Å². The number of aromatic nitrogens is 2. The Bertz CT molecular complexity index is 808. The number of ether oxygens (including phenoxy) is 1. The molecule has 0 atom stereocenters. The van der Waals surface area contributed by atoms with Crippen molar-refractivity contribution in [3.8, 4) is 5.75 Å². The van der Waals surface area contributed by atoms with Crippen molar-refractivity contribution in [2.75, 3.05) is 45.2 Å². The predicted octanol–water partition coefficient (Wildman–Crippen LogP) is 2.65. The van der Waals surface area contributed by atoms with E-state index in [1.807, 2.05) is 42.0 Å². The molecule has 2 heterocycles. The number of methoxy groups -OCH3 is 1. The molecule has 0 N–H and O–H groups in total.